The smallest absolute Gasteiger partial charge is 0.269 e. The number of non-ortho nitro benzene ring substituents is 1. The zero-order chi connectivity index (χ0) is 13.4. The highest BCUT2D eigenvalue weighted by molar-refractivity contribution is 6.03. The van der Waals surface area contributed by atoms with E-state index in [1.54, 1.807) is 6.07 Å². The van der Waals surface area contributed by atoms with E-state index >= 15 is 0 Å². The van der Waals surface area contributed by atoms with E-state index < -0.39 is 4.92 Å². The van der Waals surface area contributed by atoms with Crippen LogP contribution in [0.5, 0.6) is 0 Å². The number of nitro groups is 1. The molecule has 18 heavy (non-hydrogen) atoms. The molecule has 0 saturated heterocycles. The van der Waals surface area contributed by atoms with E-state index in [9.17, 15) is 14.9 Å². The van der Waals surface area contributed by atoms with Gasteiger partial charge in [-0.2, -0.15) is 0 Å². The number of carbonyl (C=O) groups excluding carboxylic acids is 1. The number of nitrogens with one attached hydrogen (secondary N) is 1. The van der Waals surface area contributed by atoms with Crippen molar-refractivity contribution in [1.82, 2.24) is 0 Å². The zero-order valence-electron chi connectivity index (χ0n) is 10.6. The second-order valence-electron chi connectivity index (χ2n) is 5.10. The average Bonchev–Trinajstić information content (AvgIpc) is 2.62. The first kappa shape index (κ1) is 12.5. The molecule has 0 aliphatic carbocycles. The first-order valence-corrected chi connectivity index (χ1v) is 6.01. The SMILES string of the molecule is CC(C)C(C)C1C(=O)Nc2ccc([N+](=O)[O-])cc21. The minimum Gasteiger partial charge on any atom is -0.325 e. The molecule has 1 aromatic carbocycles. The lowest BCUT2D eigenvalue weighted by molar-refractivity contribution is -0.384. The van der Waals surface area contributed by atoms with E-state index in [0.717, 1.165) is 5.56 Å². The maximum absolute atomic E-state index is 12.0. The standard InChI is InChI=1S/C13H16N2O3/c1-7(2)8(3)12-10-6-9(15(17)18)4-5-11(10)14-13(12)16/h4-8,12H,1-3H3,(H,14,16). The van der Waals surface area contributed by atoms with Gasteiger partial charge in [-0.3, -0.25) is 14.9 Å². The van der Waals surface area contributed by atoms with Gasteiger partial charge < -0.3 is 5.32 Å². The van der Waals surface area contributed by atoms with Crippen LogP contribution in [-0.2, 0) is 4.79 Å². The molecule has 0 bridgehead atoms. The fourth-order valence-electron chi connectivity index (χ4n) is 2.29. The van der Waals surface area contributed by atoms with Gasteiger partial charge in [0, 0.05) is 17.8 Å². The summed E-state index contributed by atoms with van der Waals surface area (Å²) >= 11 is 0. The van der Waals surface area contributed by atoms with Crippen molar-refractivity contribution in [3.05, 3.63) is 33.9 Å². The van der Waals surface area contributed by atoms with E-state index in [-0.39, 0.29) is 23.4 Å². The van der Waals surface area contributed by atoms with E-state index in [0.29, 0.717) is 11.6 Å². The summed E-state index contributed by atoms with van der Waals surface area (Å²) in [4.78, 5) is 22.3. The molecule has 1 heterocycles. The quantitative estimate of drug-likeness (QED) is 0.660. The molecule has 1 N–H and O–H groups in total. The fourth-order valence-corrected chi connectivity index (χ4v) is 2.29. The van der Waals surface area contributed by atoms with Crippen molar-refractivity contribution in [3.8, 4) is 0 Å². The Morgan fingerprint density at radius 2 is 2.00 bits per heavy atom. The Balaban J connectivity index is 2.45. The van der Waals surface area contributed by atoms with Crippen molar-refractivity contribution >= 4 is 17.3 Å². The van der Waals surface area contributed by atoms with Crippen molar-refractivity contribution in [3.63, 3.8) is 0 Å². The summed E-state index contributed by atoms with van der Waals surface area (Å²) in [6, 6.07) is 4.54. The van der Waals surface area contributed by atoms with E-state index in [1.165, 1.54) is 12.1 Å². The number of fused-ring (bicyclic) bond motifs is 1. The third-order valence-electron chi connectivity index (χ3n) is 3.70. The topological polar surface area (TPSA) is 72.2 Å². The van der Waals surface area contributed by atoms with Crippen LogP contribution >= 0.6 is 0 Å². The summed E-state index contributed by atoms with van der Waals surface area (Å²) in [5.41, 5.74) is 1.48. The molecule has 5 nitrogen and oxygen atoms in total. The van der Waals surface area contributed by atoms with Gasteiger partial charge in [0.15, 0.2) is 0 Å². The number of anilines is 1. The van der Waals surface area contributed by atoms with Gasteiger partial charge in [-0.15, -0.1) is 0 Å². The van der Waals surface area contributed by atoms with Crippen LogP contribution in [0.1, 0.15) is 32.3 Å². The molecule has 0 radical (unpaired) electrons. The highest BCUT2D eigenvalue weighted by atomic mass is 16.6. The molecule has 0 spiro atoms. The number of rotatable bonds is 3. The number of carbonyl (C=O) groups is 1. The molecule has 1 aliphatic rings. The van der Waals surface area contributed by atoms with Crippen molar-refractivity contribution in [2.75, 3.05) is 5.32 Å². The van der Waals surface area contributed by atoms with Crippen LogP contribution in [0.3, 0.4) is 0 Å². The predicted molar refractivity (Wildman–Crippen MR) is 68.5 cm³/mol. The van der Waals surface area contributed by atoms with E-state index in [2.05, 4.69) is 5.32 Å². The predicted octanol–water partition coefficient (Wildman–Crippen LogP) is 2.92. The van der Waals surface area contributed by atoms with Gasteiger partial charge in [-0.1, -0.05) is 20.8 Å². The summed E-state index contributed by atoms with van der Waals surface area (Å²) in [5, 5.41) is 13.6. The molecular formula is C13H16N2O3. The molecule has 2 atom stereocenters. The van der Waals surface area contributed by atoms with Crippen LogP contribution < -0.4 is 5.32 Å². The molecule has 2 unspecified atom stereocenters. The van der Waals surface area contributed by atoms with Gasteiger partial charge in [-0.05, 0) is 23.5 Å². The Bertz CT molecular complexity index is 511. The number of hydrogen-bond donors (Lipinski definition) is 1. The van der Waals surface area contributed by atoms with Gasteiger partial charge >= 0.3 is 0 Å². The first-order valence-electron chi connectivity index (χ1n) is 6.01. The van der Waals surface area contributed by atoms with Crippen LogP contribution in [0, 0.1) is 22.0 Å². The van der Waals surface area contributed by atoms with Gasteiger partial charge in [0.1, 0.15) is 0 Å². The van der Waals surface area contributed by atoms with Crippen LogP contribution in [0.25, 0.3) is 0 Å². The normalized spacial score (nSPS) is 19.6. The van der Waals surface area contributed by atoms with Crippen molar-refractivity contribution < 1.29 is 9.72 Å². The molecule has 0 aromatic heterocycles. The molecule has 1 aromatic rings. The average molecular weight is 248 g/mol. The number of hydrogen-bond acceptors (Lipinski definition) is 3. The second kappa shape index (κ2) is 4.40. The number of benzene rings is 1. The molecule has 0 saturated carbocycles. The maximum atomic E-state index is 12.0. The Hall–Kier alpha value is -1.91. The summed E-state index contributed by atoms with van der Waals surface area (Å²) in [7, 11) is 0. The van der Waals surface area contributed by atoms with Crippen molar-refractivity contribution in [2.24, 2.45) is 11.8 Å². The lowest BCUT2D eigenvalue weighted by Crippen LogP contribution is -2.22. The maximum Gasteiger partial charge on any atom is 0.269 e. The lowest BCUT2D eigenvalue weighted by atomic mass is 9.81. The molecule has 1 aliphatic heterocycles. The number of amides is 1. The number of nitrogens with zero attached hydrogens (tertiary/aromatic N) is 1. The van der Waals surface area contributed by atoms with E-state index in [1.807, 2.05) is 20.8 Å². The minimum absolute atomic E-state index is 0.0335. The van der Waals surface area contributed by atoms with Crippen molar-refractivity contribution in [2.45, 2.75) is 26.7 Å². The van der Waals surface area contributed by atoms with Crippen LogP contribution in [0.15, 0.2) is 18.2 Å². The highest BCUT2D eigenvalue weighted by Gasteiger charge is 2.36. The van der Waals surface area contributed by atoms with E-state index in [4.69, 9.17) is 0 Å². The monoisotopic (exact) mass is 248 g/mol. The lowest BCUT2D eigenvalue weighted by Gasteiger charge is -2.21. The first-order chi connectivity index (χ1) is 8.41. The Morgan fingerprint density at radius 3 is 2.56 bits per heavy atom. The largest absolute Gasteiger partial charge is 0.325 e. The number of nitro benzene ring substituents is 1. The third kappa shape index (κ3) is 1.96. The summed E-state index contributed by atoms with van der Waals surface area (Å²) < 4.78 is 0. The fraction of sp³-hybridized carbons (Fsp3) is 0.462. The van der Waals surface area contributed by atoms with Gasteiger partial charge in [0.25, 0.3) is 5.69 Å². The molecule has 2 rings (SSSR count). The molecular weight excluding hydrogens is 232 g/mol. The van der Waals surface area contributed by atoms with Crippen molar-refractivity contribution in [1.29, 1.82) is 0 Å². The van der Waals surface area contributed by atoms with Gasteiger partial charge in [0.05, 0.1) is 10.8 Å². The van der Waals surface area contributed by atoms with Crippen LogP contribution in [-0.4, -0.2) is 10.8 Å². The third-order valence-corrected chi connectivity index (χ3v) is 3.70. The zero-order valence-corrected chi connectivity index (χ0v) is 10.6. The second-order valence-corrected chi connectivity index (χ2v) is 5.10. The highest BCUT2D eigenvalue weighted by Crippen LogP contribution is 2.41. The summed E-state index contributed by atoms with van der Waals surface area (Å²) in [5.74, 6) is 0.130. The Kier molecular flexibility index (Phi) is 3.07. The molecule has 0 fully saturated rings. The molecule has 1 amide bonds. The van der Waals surface area contributed by atoms with Crippen LogP contribution in [0.2, 0.25) is 0 Å². The Morgan fingerprint density at radius 1 is 1.33 bits per heavy atom. The molecule has 5 heteroatoms. The summed E-state index contributed by atoms with van der Waals surface area (Å²) in [6.07, 6.45) is 0. The Labute approximate surface area is 105 Å². The molecule has 96 valence electrons. The van der Waals surface area contributed by atoms with Gasteiger partial charge in [0.2, 0.25) is 5.91 Å². The summed E-state index contributed by atoms with van der Waals surface area (Å²) in [6.45, 7) is 6.10. The minimum atomic E-state index is -0.430. The van der Waals surface area contributed by atoms with Crippen LogP contribution in [0.4, 0.5) is 11.4 Å². The van der Waals surface area contributed by atoms with Gasteiger partial charge in [-0.25, -0.2) is 0 Å².